The summed E-state index contributed by atoms with van der Waals surface area (Å²) in [7, 11) is 0. The number of amides is 1. The van der Waals surface area contributed by atoms with E-state index in [1.54, 1.807) is 11.3 Å². The number of hydrogen-bond acceptors (Lipinski definition) is 5. The highest BCUT2D eigenvalue weighted by atomic mass is 32.2. The molecule has 0 unspecified atom stereocenters. The lowest BCUT2D eigenvalue weighted by atomic mass is 10.2. The molecular formula is C11H15NO4S2. The van der Waals surface area contributed by atoms with Gasteiger partial charge in [0.1, 0.15) is 6.04 Å². The van der Waals surface area contributed by atoms with E-state index < -0.39 is 12.0 Å². The Labute approximate surface area is 113 Å². The van der Waals surface area contributed by atoms with Gasteiger partial charge in [0.05, 0.1) is 5.75 Å². The van der Waals surface area contributed by atoms with Crippen molar-refractivity contribution in [3.05, 3.63) is 22.4 Å². The van der Waals surface area contributed by atoms with Crippen LogP contribution in [0.2, 0.25) is 0 Å². The Bertz CT molecular complexity index is 380. The van der Waals surface area contributed by atoms with Crippen molar-refractivity contribution in [2.75, 3.05) is 12.4 Å². The van der Waals surface area contributed by atoms with E-state index in [9.17, 15) is 9.59 Å². The average molecular weight is 289 g/mol. The molecule has 0 aliphatic carbocycles. The van der Waals surface area contributed by atoms with Crippen LogP contribution >= 0.6 is 23.1 Å². The number of nitrogens with one attached hydrogen (secondary N) is 1. The fourth-order valence-corrected chi connectivity index (χ4v) is 2.94. The van der Waals surface area contributed by atoms with Crippen molar-refractivity contribution in [3.63, 3.8) is 0 Å². The largest absolute Gasteiger partial charge is 0.480 e. The van der Waals surface area contributed by atoms with Gasteiger partial charge in [-0.05, 0) is 11.4 Å². The first kappa shape index (κ1) is 15.0. The number of thiophene rings is 1. The Kier molecular flexibility index (Phi) is 6.77. The lowest BCUT2D eigenvalue weighted by molar-refractivity contribution is -0.141. The summed E-state index contributed by atoms with van der Waals surface area (Å²) >= 11 is 3.06. The third kappa shape index (κ3) is 5.52. The van der Waals surface area contributed by atoms with E-state index in [-0.39, 0.29) is 24.7 Å². The fraction of sp³-hybridized carbons (Fsp3) is 0.455. The number of aliphatic carboxylic acids is 1. The van der Waals surface area contributed by atoms with Crippen molar-refractivity contribution in [2.24, 2.45) is 0 Å². The molecule has 0 saturated heterocycles. The SMILES string of the molecule is O=C(CSCc1cccs1)N[C@@H](CCO)C(=O)O. The zero-order chi connectivity index (χ0) is 13.4. The molecule has 1 amide bonds. The molecule has 1 heterocycles. The van der Waals surface area contributed by atoms with E-state index in [0.29, 0.717) is 0 Å². The first-order valence-electron chi connectivity index (χ1n) is 5.36. The maximum Gasteiger partial charge on any atom is 0.326 e. The molecule has 1 rings (SSSR count). The quantitative estimate of drug-likeness (QED) is 0.663. The number of thioether (sulfide) groups is 1. The van der Waals surface area contributed by atoms with Gasteiger partial charge in [-0.1, -0.05) is 6.07 Å². The molecule has 0 radical (unpaired) electrons. The summed E-state index contributed by atoms with van der Waals surface area (Å²) in [5.74, 6) is -0.492. The van der Waals surface area contributed by atoms with Crippen LogP contribution in [0.15, 0.2) is 17.5 Å². The maximum absolute atomic E-state index is 11.5. The third-order valence-corrected chi connectivity index (χ3v) is 4.15. The van der Waals surface area contributed by atoms with Crippen molar-refractivity contribution in [1.29, 1.82) is 0 Å². The van der Waals surface area contributed by atoms with Crippen LogP contribution in [0.3, 0.4) is 0 Å². The molecule has 3 N–H and O–H groups in total. The summed E-state index contributed by atoms with van der Waals surface area (Å²) < 4.78 is 0. The second-order valence-corrected chi connectivity index (χ2v) is 5.56. The van der Waals surface area contributed by atoms with E-state index in [1.165, 1.54) is 16.6 Å². The van der Waals surface area contributed by atoms with Crippen LogP contribution in [-0.2, 0) is 15.3 Å². The smallest absolute Gasteiger partial charge is 0.326 e. The van der Waals surface area contributed by atoms with E-state index >= 15 is 0 Å². The lowest BCUT2D eigenvalue weighted by Crippen LogP contribution is -2.42. The summed E-state index contributed by atoms with van der Waals surface area (Å²) in [4.78, 5) is 23.4. The van der Waals surface area contributed by atoms with Gasteiger partial charge in [0.2, 0.25) is 5.91 Å². The molecule has 100 valence electrons. The number of carboxylic acids is 1. The monoisotopic (exact) mass is 289 g/mol. The van der Waals surface area contributed by atoms with Gasteiger partial charge in [-0.15, -0.1) is 23.1 Å². The Morgan fingerprint density at radius 3 is 2.83 bits per heavy atom. The molecule has 5 nitrogen and oxygen atoms in total. The Hall–Kier alpha value is -1.05. The van der Waals surface area contributed by atoms with Gasteiger partial charge in [-0.2, -0.15) is 0 Å². The number of carbonyl (C=O) groups excluding carboxylic acids is 1. The molecule has 0 bridgehead atoms. The van der Waals surface area contributed by atoms with E-state index in [4.69, 9.17) is 10.2 Å². The van der Waals surface area contributed by atoms with Crippen LogP contribution < -0.4 is 5.32 Å². The minimum absolute atomic E-state index is 0.0245. The molecule has 1 aromatic rings. The predicted molar refractivity (Wildman–Crippen MR) is 71.8 cm³/mol. The van der Waals surface area contributed by atoms with Crippen LogP contribution in [-0.4, -0.2) is 40.5 Å². The molecule has 7 heteroatoms. The first-order chi connectivity index (χ1) is 8.63. The van der Waals surface area contributed by atoms with Crippen molar-refractivity contribution in [2.45, 2.75) is 18.2 Å². The normalized spacial score (nSPS) is 12.1. The van der Waals surface area contributed by atoms with Crippen LogP contribution in [0.25, 0.3) is 0 Å². The standard InChI is InChI=1S/C11H15NO4S2/c13-4-3-9(11(15)16)12-10(14)7-17-6-8-2-1-5-18-8/h1-2,5,9,13H,3-4,6-7H2,(H,12,14)(H,15,16)/t9-/m0/s1. The number of aliphatic hydroxyl groups is 1. The van der Waals surface area contributed by atoms with E-state index in [2.05, 4.69) is 5.32 Å². The third-order valence-electron chi connectivity index (χ3n) is 2.11. The summed E-state index contributed by atoms with van der Waals surface area (Å²) in [5, 5.41) is 21.8. The maximum atomic E-state index is 11.5. The molecule has 0 aliphatic heterocycles. The second kappa shape index (κ2) is 8.12. The molecule has 1 atom stereocenters. The summed E-state index contributed by atoms with van der Waals surface area (Å²) in [6.07, 6.45) is 0.0245. The van der Waals surface area contributed by atoms with Gasteiger partial charge < -0.3 is 15.5 Å². The zero-order valence-corrected chi connectivity index (χ0v) is 11.3. The second-order valence-electron chi connectivity index (χ2n) is 3.54. The molecule has 0 aliphatic rings. The lowest BCUT2D eigenvalue weighted by Gasteiger charge is -2.12. The first-order valence-corrected chi connectivity index (χ1v) is 7.40. The van der Waals surface area contributed by atoms with Gasteiger partial charge in [0.25, 0.3) is 0 Å². The van der Waals surface area contributed by atoms with Crippen molar-refractivity contribution in [3.8, 4) is 0 Å². The number of hydrogen-bond donors (Lipinski definition) is 3. The Balaban J connectivity index is 2.25. The molecule has 0 spiro atoms. The fourth-order valence-electron chi connectivity index (χ4n) is 1.26. The summed E-state index contributed by atoms with van der Waals surface area (Å²) in [6.45, 7) is -0.264. The molecule has 18 heavy (non-hydrogen) atoms. The van der Waals surface area contributed by atoms with Gasteiger partial charge in [0.15, 0.2) is 0 Å². The highest BCUT2D eigenvalue weighted by molar-refractivity contribution is 7.99. The van der Waals surface area contributed by atoms with Crippen molar-refractivity contribution in [1.82, 2.24) is 5.32 Å². The molecule has 0 aromatic carbocycles. The molecular weight excluding hydrogens is 274 g/mol. The molecule has 0 fully saturated rings. The zero-order valence-electron chi connectivity index (χ0n) is 9.67. The van der Waals surface area contributed by atoms with Crippen LogP contribution in [0.5, 0.6) is 0 Å². The van der Waals surface area contributed by atoms with E-state index in [1.807, 2.05) is 17.5 Å². The van der Waals surface area contributed by atoms with Gasteiger partial charge >= 0.3 is 5.97 Å². The molecule has 1 aromatic heterocycles. The number of aliphatic hydroxyl groups excluding tert-OH is 1. The van der Waals surface area contributed by atoms with Crippen LogP contribution in [0.1, 0.15) is 11.3 Å². The number of rotatable bonds is 8. The minimum atomic E-state index is -1.12. The van der Waals surface area contributed by atoms with Crippen LogP contribution in [0.4, 0.5) is 0 Å². The van der Waals surface area contributed by atoms with Crippen molar-refractivity contribution < 1.29 is 19.8 Å². The van der Waals surface area contributed by atoms with Gasteiger partial charge in [-0.25, -0.2) is 4.79 Å². The molecule has 0 saturated carbocycles. The Morgan fingerprint density at radius 2 is 2.28 bits per heavy atom. The highest BCUT2D eigenvalue weighted by Gasteiger charge is 2.18. The highest BCUT2D eigenvalue weighted by Crippen LogP contribution is 2.16. The Morgan fingerprint density at radius 1 is 1.50 bits per heavy atom. The minimum Gasteiger partial charge on any atom is -0.480 e. The summed E-state index contributed by atoms with van der Waals surface area (Å²) in [5.41, 5.74) is 0. The van der Waals surface area contributed by atoms with E-state index in [0.717, 1.165) is 5.75 Å². The summed E-state index contributed by atoms with van der Waals surface area (Å²) in [6, 6.07) is 2.92. The van der Waals surface area contributed by atoms with Gasteiger partial charge in [0, 0.05) is 23.7 Å². The van der Waals surface area contributed by atoms with Crippen molar-refractivity contribution >= 4 is 35.0 Å². The van der Waals surface area contributed by atoms with Crippen LogP contribution in [0, 0.1) is 0 Å². The predicted octanol–water partition coefficient (Wildman–Crippen LogP) is 0.933. The topological polar surface area (TPSA) is 86.6 Å². The average Bonchev–Trinajstić information content (AvgIpc) is 2.81. The van der Waals surface area contributed by atoms with Gasteiger partial charge in [-0.3, -0.25) is 4.79 Å². The number of carbonyl (C=O) groups is 2. The number of carboxylic acid groups (broad SMARTS) is 1.